The third-order valence-electron chi connectivity index (χ3n) is 13.5. The largest absolute Gasteiger partial charge is 0.456 e. The highest BCUT2D eigenvalue weighted by Crippen LogP contribution is 2.53. The number of para-hydroxylation sites is 1. The Morgan fingerprint density at radius 1 is 0.403 bits per heavy atom. The third-order valence-corrected chi connectivity index (χ3v) is 14.6. The standard InChI is InChI=1S/C59H39NOS/c1-59(2)51-22-10-7-18-44(51)45-29-27-39(35-52(45)59)60(38-28-30-55-48(34-38)46-19-8-11-24-54(46)61-55)53-23-13-21-41(37-26-31-57-49(32-37)47-20-9-12-25-56(47)62-57)58(53)50-33-36-14-3-4-15-40(36)42-16-5-6-17-43(42)50/h3-35H,1-2H3. The summed E-state index contributed by atoms with van der Waals surface area (Å²) in [6, 6.07) is 74.1. The summed E-state index contributed by atoms with van der Waals surface area (Å²) in [5.41, 5.74) is 15.0. The summed E-state index contributed by atoms with van der Waals surface area (Å²) < 4.78 is 9.03. The summed E-state index contributed by atoms with van der Waals surface area (Å²) >= 11 is 1.86. The van der Waals surface area contributed by atoms with Crippen LogP contribution in [-0.4, -0.2) is 0 Å². The molecule has 13 rings (SSSR count). The van der Waals surface area contributed by atoms with Crippen molar-refractivity contribution in [3.05, 3.63) is 211 Å². The van der Waals surface area contributed by atoms with Crippen LogP contribution in [0.15, 0.2) is 205 Å². The van der Waals surface area contributed by atoms with Gasteiger partial charge in [-0.3, -0.25) is 0 Å². The Hall–Kier alpha value is -7.46. The molecule has 0 atom stereocenters. The zero-order valence-corrected chi connectivity index (χ0v) is 35.1. The molecule has 3 heteroatoms. The maximum atomic E-state index is 6.42. The van der Waals surface area contributed by atoms with E-state index in [2.05, 4.69) is 213 Å². The molecule has 0 radical (unpaired) electrons. The minimum absolute atomic E-state index is 0.170. The number of benzene rings is 10. The van der Waals surface area contributed by atoms with Crippen LogP contribution in [0.3, 0.4) is 0 Å². The van der Waals surface area contributed by atoms with Crippen molar-refractivity contribution in [1.82, 2.24) is 0 Å². The van der Waals surface area contributed by atoms with Crippen LogP contribution in [0.2, 0.25) is 0 Å². The number of hydrogen-bond donors (Lipinski definition) is 0. The second kappa shape index (κ2) is 13.3. The molecule has 12 aromatic rings. The first-order valence-corrected chi connectivity index (χ1v) is 22.2. The van der Waals surface area contributed by atoms with Gasteiger partial charge in [0.15, 0.2) is 0 Å². The van der Waals surface area contributed by atoms with E-state index >= 15 is 0 Å². The lowest BCUT2D eigenvalue weighted by Gasteiger charge is -2.31. The molecule has 0 aliphatic heterocycles. The number of nitrogens with zero attached hydrogens (tertiary/aromatic N) is 1. The maximum Gasteiger partial charge on any atom is 0.135 e. The van der Waals surface area contributed by atoms with Crippen LogP contribution in [0, 0.1) is 0 Å². The van der Waals surface area contributed by atoms with Gasteiger partial charge in [-0.2, -0.15) is 0 Å². The number of fused-ring (bicyclic) bond motifs is 12. The Balaban J connectivity index is 1.15. The molecule has 0 amide bonds. The SMILES string of the molecule is CC1(C)c2ccccc2-c2ccc(N(c3ccc4oc5ccccc5c4c3)c3cccc(-c4ccc5sc6ccccc6c5c4)c3-c3cc4ccccc4c4ccccc34)cc21. The maximum absolute atomic E-state index is 6.42. The molecule has 292 valence electrons. The van der Waals surface area contributed by atoms with E-state index in [9.17, 15) is 0 Å². The summed E-state index contributed by atoms with van der Waals surface area (Å²) in [5.74, 6) is 0. The molecular formula is C59H39NOS. The Labute approximate surface area is 363 Å². The van der Waals surface area contributed by atoms with E-state index in [-0.39, 0.29) is 5.41 Å². The fourth-order valence-electron chi connectivity index (χ4n) is 10.5. The minimum Gasteiger partial charge on any atom is -0.456 e. The van der Waals surface area contributed by atoms with Gasteiger partial charge in [-0.25, -0.2) is 0 Å². The molecule has 2 nitrogen and oxygen atoms in total. The molecule has 0 fully saturated rings. The Morgan fingerprint density at radius 2 is 1.06 bits per heavy atom. The first-order chi connectivity index (χ1) is 30.5. The topological polar surface area (TPSA) is 16.4 Å². The summed E-state index contributed by atoms with van der Waals surface area (Å²) in [6.45, 7) is 4.74. The van der Waals surface area contributed by atoms with Crippen LogP contribution in [0.5, 0.6) is 0 Å². The highest BCUT2D eigenvalue weighted by atomic mass is 32.1. The fourth-order valence-corrected chi connectivity index (χ4v) is 11.6. The van der Waals surface area contributed by atoms with E-state index in [1.165, 1.54) is 86.2 Å². The second-order valence-corrected chi connectivity index (χ2v) is 18.3. The van der Waals surface area contributed by atoms with Crippen LogP contribution in [0.4, 0.5) is 17.1 Å². The van der Waals surface area contributed by atoms with E-state index in [0.717, 1.165) is 39.0 Å². The van der Waals surface area contributed by atoms with E-state index in [1.54, 1.807) is 0 Å². The van der Waals surface area contributed by atoms with Crippen molar-refractivity contribution < 1.29 is 4.42 Å². The molecule has 0 unspecified atom stereocenters. The number of rotatable bonds is 5. The lowest BCUT2D eigenvalue weighted by atomic mass is 9.82. The van der Waals surface area contributed by atoms with Crippen LogP contribution in [0.25, 0.3) is 97.0 Å². The molecule has 0 saturated carbocycles. The van der Waals surface area contributed by atoms with Crippen molar-refractivity contribution in [2.24, 2.45) is 0 Å². The number of furan rings is 1. The van der Waals surface area contributed by atoms with Gasteiger partial charge in [-0.15, -0.1) is 11.3 Å². The van der Waals surface area contributed by atoms with E-state index in [4.69, 9.17) is 4.42 Å². The lowest BCUT2D eigenvalue weighted by molar-refractivity contribution is 0.660. The van der Waals surface area contributed by atoms with E-state index < -0.39 is 0 Å². The molecule has 62 heavy (non-hydrogen) atoms. The highest BCUT2D eigenvalue weighted by molar-refractivity contribution is 7.25. The van der Waals surface area contributed by atoms with Crippen molar-refractivity contribution in [2.45, 2.75) is 19.3 Å². The average Bonchev–Trinajstić information content (AvgIpc) is 3.96. The molecule has 1 aliphatic carbocycles. The summed E-state index contributed by atoms with van der Waals surface area (Å²) in [5, 5.41) is 9.74. The second-order valence-electron chi connectivity index (χ2n) is 17.2. The summed E-state index contributed by atoms with van der Waals surface area (Å²) in [4.78, 5) is 2.50. The predicted molar refractivity (Wildman–Crippen MR) is 265 cm³/mol. The molecule has 0 saturated heterocycles. The number of thiophene rings is 1. The van der Waals surface area contributed by atoms with Gasteiger partial charge in [0.25, 0.3) is 0 Å². The molecule has 10 aromatic carbocycles. The van der Waals surface area contributed by atoms with Gasteiger partial charge >= 0.3 is 0 Å². The monoisotopic (exact) mass is 809 g/mol. The van der Waals surface area contributed by atoms with Gasteiger partial charge in [0.2, 0.25) is 0 Å². The first kappa shape index (κ1) is 35.3. The number of anilines is 3. The minimum atomic E-state index is -0.170. The van der Waals surface area contributed by atoms with Gasteiger partial charge < -0.3 is 9.32 Å². The van der Waals surface area contributed by atoms with Crippen LogP contribution >= 0.6 is 11.3 Å². The zero-order valence-electron chi connectivity index (χ0n) is 34.3. The fraction of sp³-hybridized carbons (Fsp3) is 0.0508. The number of hydrogen-bond acceptors (Lipinski definition) is 3. The molecule has 0 N–H and O–H groups in total. The predicted octanol–water partition coefficient (Wildman–Crippen LogP) is 17.4. The normalized spacial score (nSPS) is 13.1. The van der Waals surface area contributed by atoms with Crippen LogP contribution in [-0.2, 0) is 5.41 Å². The van der Waals surface area contributed by atoms with Gasteiger partial charge in [-0.05, 0) is 127 Å². The van der Waals surface area contributed by atoms with Crippen molar-refractivity contribution in [2.75, 3.05) is 4.90 Å². The van der Waals surface area contributed by atoms with Crippen molar-refractivity contribution in [3.8, 4) is 33.4 Å². The summed E-state index contributed by atoms with van der Waals surface area (Å²) in [7, 11) is 0. The van der Waals surface area contributed by atoms with Gasteiger partial charge in [0.05, 0.1) is 5.69 Å². The smallest absolute Gasteiger partial charge is 0.135 e. The van der Waals surface area contributed by atoms with Crippen molar-refractivity contribution in [1.29, 1.82) is 0 Å². The van der Waals surface area contributed by atoms with Crippen molar-refractivity contribution >= 4 is 92.1 Å². The zero-order chi connectivity index (χ0) is 41.1. The Bertz CT molecular complexity index is 3810. The van der Waals surface area contributed by atoms with Gasteiger partial charge in [0.1, 0.15) is 11.2 Å². The third kappa shape index (κ3) is 5.16. The molecule has 1 aliphatic rings. The average molecular weight is 810 g/mol. The van der Waals surface area contributed by atoms with Gasteiger partial charge in [0, 0.05) is 53.3 Å². The quantitative estimate of drug-likeness (QED) is 0.161. The molecule has 0 bridgehead atoms. The van der Waals surface area contributed by atoms with E-state index in [1.807, 2.05) is 17.4 Å². The summed E-state index contributed by atoms with van der Waals surface area (Å²) in [6.07, 6.45) is 0. The molecule has 2 heterocycles. The Morgan fingerprint density at radius 3 is 1.97 bits per heavy atom. The molecule has 2 aromatic heterocycles. The van der Waals surface area contributed by atoms with Gasteiger partial charge in [-0.1, -0.05) is 147 Å². The highest BCUT2D eigenvalue weighted by Gasteiger charge is 2.36. The Kier molecular flexibility index (Phi) is 7.56. The van der Waals surface area contributed by atoms with E-state index in [0.29, 0.717) is 0 Å². The lowest BCUT2D eigenvalue weighted by Crippen LogP contribution is -2.17. The molecular weight excluding hydrogens is 771 g/mol. The molecule has 0 spiro atoms. The van der Waals surface area contributed by atoms with Crippen LogP contribution in [0.1, 0.15) is 25.0 Å². The first-order valence-electron chi connectivity index (χ1n) is 21.4. The van der Waals surface area contributed by atoms with Crippen molar-refractivity contribution in [3.63, 3.8) is 0 Å². The van der Waals surface area contributed by atoms with Crippen LogP contribution < -0.4 is 4.90 Å².